The molecule has 0 amide bonds. The van der Waals surface area contributed by atoms with E-state index < -0.39 is 7.92 Å². The number of benzene rings is 2. The molecule has 2 aromatic carbocycles. The van der Waals surface area contributed by atoms with Crippen molar-refractivity contribution in [1.82, 2.24) is 19.9 Å². The molecule has 0 saturated carbocycles. The molecule has 0 spiro atoms. The number of nitrogens with two attached hydrogens (primary N) is 1. The molecule has 4 heterocycles. The minimum absolute atomic E-state index is 0.424. The summed E-state index contributed by atoms with van der Waals surface area (Å²) >= 11 is 3.63. The van der Waals surface area contributed by atoms with Crippen molar-refractivity contribution in [2.75, 3.05) is 68.8 Å². The third-order valence-corrected chi connectivity index (χ3v) is 9.27. The average molecular weight is 663 g/mol. The minimum atomic E-state index is -0.491. The van der Waals surface area contributed by atoms with E-state index >= 15 is 0 Å². The van der Waals surface area contributed by atoms with Gasteiger partial charge in [0.1, 0.15) is 11.6 Å². The molecule has 11 nitrogen and oxygen atoms in total. The first kappa shape index (κ1) is 29.2. The fourth-order valence-electron chi connectivity index (χ4n) is 5.50. The van der Waals surface area contributed by atoms with Crippen LogP contribution in [-0.4, -0.2) is 79.4 Å². The van der Waals surface area contributed by atoms with Crippen molar-refractivity contribution in [3.8, 4) is 5.75 Å². The third-order valence-electron chi connectivity index (χ3n) is 7.34. The molecule has 6 rings (SSSR count). The Morgan fingerprint density at radius 2 is 1.91 bits per heavy atom. The Labute approximate surface area is 259 Å². The summed E-state index contributed by atoms with van der Waals surface area (Å²) in [7, 11) is 1.25. The van der Waals surface area contributed by atoms with Crippen LogP contribution in [0.3, 0.4) is 0 Å². The SMILES string of the molecule is CN=CC(=CN)c1cc(Nc2ncc(Br)c(Nc3ccc4nccnc4c3P(C)C)n2)c2c(c1N1CCOCC1)CCO2. The van der Waals surface area contributed by atoms with Gasteiger partial charge in [0.2, 0.25) is 5.95 Å². The van der Waals surface area contributed by atoms with Gasteiger partial charge in [-0.05, 0) is 47.5 Å². The zero-order chi connectivity index (χ0) is 29.9. The first-order valence-corrected chi connectivity index (χ1v) is 17.0. The summed E-state index contributed by atoms with van der Waals surface area (Å²) in [5, 5.41) is 8.09. The van der Waals surface area contributed by atoms with Gasteiger partial charge < -0.3 is 30.7 Å². The van der Waals surface area contributed by atoms with Crippen LogP contribution in [0.4, 0.5) is 28.8 Å². The number of rotatable bonds is 8. The van der Waals surface area contributed by atoms with Gasteiger partial charge in [-0.1, -0.05) is 7.92 Å². The summed E-state index contributed by atoms with van der Waals surface area (Å²) < 4.78 is 12.6. The van der Waals surface area contributed by atoms with Crippen LogP contribution in [0.2, 0.25) is 0 Å². The molecule has 2 aromatic heterocycles. The Bertz CT molecular complexity index is 1720. The molecule has 1 fully saturated rings. The van der Waals surface area contributed by atoms with Gasteiger partial charge in [0.05, 0.1) is 46.7 Å². The summed E-state index contributed by atoms with van der Waals surface area (Å²) in [6.45, 7) is 7.93. The van der Waals surface area contributed by atoms with Crippen molar-refractivity contribution >= 4 is 80.8 Å². The topological polar surface area (TPSA) is 136 Å². The highest BCUT2D eigenvalue weighted by atomic mass is 79.9. The maximum Gasteiger partial charge on any atom is 0.229 e. The Kier molecular flexibility index (Phi) is 8.69. The number of hydrogen-bond acceptors (Lipinski definition) is 11. The molecule has 2 aliphatic rings. The summed E-state index contributed by atoms with van der Waals surface area (Å²) in [5.41, 5.74) is 13.6. The van der Waals surface area contributed by atoms with E-state index in [1.165, 1.54) is 0 Å². The van der Waals surface area contributed by atoms with Gasteiger partial charge in [0.15, 0.2) is 0 Å². The van der Waals surface area contributed by atoms with Crippen LogP contribution in [0.1, 0.15) is 11.1 Å². The first-order valence-electron chi connectivity index (χ1n) is 14.0. The van der Waals surface area contributed by atoms with Crippen LogP contribution in [0.5, 0.6) is 5.75 Å². The number of ether oxygens (including phenoxy) is 2. The monoisotopic (exact) mass is 661 g/mol. The molecular formula is C30H33BrN9O2P. The lowest BCUT2D eigenvalue weighted by Gasteiger charge is -2.33. The van der Waals surface area contributed by atoms with E-state index in [-0.39, 0.29) is 0 Å². The lowest BCUT2D eigenvalue weighted by molar-refractivity contribution is 0.122. The van der Waals surface area contributed by atoms with Gasteiger partial charge in [-0.15, -0.1) is 0 Å². The molecule has 0 atom stereocenters. The molecule has 222 valence electrons. The number of morpholine rings is 1. The minimum Gasteiger partial charge on any atom is -0.491 e. The normalized spacial score (nSPS) is 15.3. The Morgan fingerprint density at radius 3 is 2.67 bits per heavy atom. The van der Waals surface area contributed by atoms with Crippen LogP contribution >= 0.6 is 23.9 Å². The van der Waals surface area contributed by atoms with Crippen LogP contribution in [0, 0.1) is 0 Å². The Morgan fingerprint density at radius 1 is 1.09 bits per heavy atom. The predicted molar refractivity (Wildman–Crippen MR) is 179 cm³/mol. The molecule has 2 aliphatic heterocycles. The van der Waals surface area contributed by atoms with Gasteiger partial charge in [-0.25, -0.2) is 4.98 Å². The van der Waals surface area contributed by atoms with E-state index in [0.717, 1.165) is 79.8 Å². The zero-order valence-electron chi connectivity index (χ0n) is 24.3. The molecule has 0 unspecified atom stereocenters. The smallest absolute Gasteiger partial charge is 0.229 e. The van der Waals surface area contributed by atoms with E-state index in [0.29, 0.717) is 31.6 Å². The van der Waals surface area contributed by atoms with Crippen molar-refractivity contribution in [3.63, 3.8) is 0 Å². The van der Waals surface area contributed by atoms with E-state index in [1.54, 1.807) is 38.1 Å². The van der Waals surface area contributed by atoms with Crippen molar-refractivity contribution in [2.24, 2.45) is 10.7 Å². The molecule has 43 heavy (non-hydrogen) atoms. The van der Waals surface area contributed by atoms with E-state index in [2.05, 4.69) is 70.8 Å². The maximum atomic E-state index is 6.20. The number of nitrogens with zero attached hydrogens (tertiary/aromatic N) is 6. The molecule has 4 aromatic rings. The molecule has 0 aliphatic carbocycles. The standard InChI is InChI=1S/C30H33BrN9O2P/c1-33-16-18(15-32)20-14-24(27-19(6-11-42-27)26(20)40-9-12-41-13-10-40)38-30-36-17-21(31)29(39-30)37-23-5-4-22-25(28(23)43(2)3)35-8-7-34-22/h4-5,7-8,14-17H,6,9-13,32H2,1-3H3,(H2,36,37,38,39). The Balaban J connectivity index is 1.39. The fraction of sp³-hybridized carbons (Fsp3) is 0.300. The largest absolute Gasteiger partial charge is 0.491 e. The highest BCUT2D eigenvalue weighted by Crippen LogP contribution is 2.46. The number of allylic oxidation sites excluding steroid dienone is 1. The number of nitrogens with one attached hydrogen (secondary N) is 2. The van der Waals surface area contributed by atoms with Crippen LogP contribution in [-0.2, 0) is 11.2 Å². The fourth-order valence-corrected chi connectivity index (χ4v) is 7.00. The number of hydrogen-bond donors (Lipinski definition) is 3. The molecular weight excluding hydrogens is 629 g/mol. The van der Waals surface area contributed by atoms with Crippen LogP contribution in [0.15, 0.2) is 52.5 Å². The lowest BCUT2D eigenvalue weighted by atomic mass is 9.96. The second-order valence-electron chi connectivity index (χ2n) is 10.3. The highest BCUT2D eigenvalue weighted by molar-refractivity contribution is 9.10. The second-order valence-corrected chi connectivity index (χ2v) is 13.3. The third kappa shape index (κ3) is 5.87. The van der Waals surface area contributed by atoms with Crippen molar-refractivity contribution in [3.05, 3.63) is 58.6 Å². The van der Waals surface area contributed by atoms with Gasteiger partial charge in [-0.3, -0.25) is 15.0 Å². The van der Waals surface area contributed by atoms with Gasteiger partial charge in [0.25, 0.3) is 0 Å². The average Bonchev–Trinajstić information content (AvgIpc) is 3.52. The predicted octanol–water partition coefficient (Wildman–Crippen LogP) is 4.81. The second kappa shape index (κ2) is 12.8. The number of aliphatic imine (C=N–C) groups is 1. The van der Waals surface area contributed by atoms with E-state index in [1.807, 2.05) is 12.1 Å². The summed E-state index contributed by atoms with van der Waals surface area (Å²) in [5.74, 6) is 1.85. The molecule has 4 N–H and O–H groups in total. The molecule has 0 radical (unpaired) electrons. The van der Waals surface area contributed by atoms with Crippen molar-refractivity contribution in [2.45, 2.75) is 6.42 Å². The van der Waals surface area contributed by atoms with E-state index in [4.69, 9.17) is 20.2 Å². The first-order chi connectivity index (χ1) is 21.0. The summed E-state index contributed by atoms with van der Waals surface area (Å²) in [6.07, 6.45) is 9.34. The van der Waals surface area contributed by atoms with Crippen molar-refractivity contribution in [1.29, 1.82) is 0 Å². The van der Waals surface area contributed by atoms with E-state index in [9.17, 15) is 0 Å². The Hall–Kier alpha value is -3.86. The quantitative estimate of drug-likeness (QED) is 0.178. The zero-order valence-corrected chi connectivity index (χ0v) is 26.7. The maximum absolute atomic E-state index is 6.20. The van der Waals surface area contributed by atoms with Gasteiger partial charge in [0, 0.05) is 85.3 Å². The summed E-state index contributed by atoms with van der Waals surface area (Å²) in [4.78, 5) is 25.2. The number of anilines is 5. The number of fused-ring (bicyclic) bond motifs is 2. The molecule has 0 bridgehead atoms. The summed E-state index contributed by atoms with van der Waals surface area (Å²) in [6, 6.07) is 6.06. The molecule has 1 saturated heterocycles. The highest BCUT2D eigenvalue weighted by Gasteiger charge is 2.29. The van der Waals surface area contributed by atoms with Crippen LogP contribution < -0.4 is 31.3 Å². The number of halogens is 1. The lowest BCUT2D eigenvalue weighted by Crippen LogP contribution is -2.37. The van der Waals surface area contributed by atoms with Gasteiger partial charge in [-0.2, -0.15) is 4.98 Å². The van der Waals surface area contributed by atoms with Crippen molar-refractivity contribution < 1.29 is 9.47 Å². The van der Waals surface area contributed by atoms with Gasteiger partial charge >= 0.3 is 0 Å². The van der Waals surface area contributed by atoms with Crippen LogP contribution in [0.25, 0.3) is 16.6 Å². The molecule has 13 heteroatoms. The number of aromatic nitrogens is 4.